The number of amides is 4. The first-order valence-electron chi connectivity index (χ1n) is 11.7. The normalized spacial score (nSPS) is 15.5. The van der Waals surface area contributed by atoms with E-state index in [9.17, 15) is 29.1 Å². The van der Waals surface area contributed by atoms with Crippen LogP contribution in [0, 0.1) is 11.8 Å². The summed E-state index contributed by atoms with van der Waals surface area (Å²) in [7, 11) is 0. The van der Waals surface area contributed by atoms with E-state index in [1.54, 1.807) is 13.8 Å². The van der Waals surface area contributed by atoms with Gasteiger partial charge in [0, 0.05) is 0 Å². The Morgan fingerprint density at radius 3 is 1.91 bits per heavy atom. The summed E-state index contributed by atoms with van der Waals surface area (Å²) in [4.78, 5) is 61.3. The molecule has 10 N–H and O–H groups in total. The molecule has 0 aromatic rings. The van der Waals surface area contributed by atoms with E-state index < -0.39 is 66.1 Å². The van der Waals surface area contributed by atoms with Crippen LogP contribution in [0.1, 0.15) is 66.2 Å². The number of carboxylic acid groups (broad SMARTS) is 1. The minimum absolute atomic E-state index is 0.168. The highest BCUT2D eigenvalue weighted by molar-refractivity contribution is 5.96. The van der Waals surface area contributed by atoms with E-state index in [-0.39, 0.29) is 12.3 Å². The second kappa shape index (κ2) is 16.0. The molecule has 4 amide bonds. The average Bonchev–Trinajstić information content (AvgIpc) is 2.74. The lowest BCUT2D eigenvalue weighted by Crippen LogP contribution is -2.58. The number of carbonyl (C=O) groups excluding carboxylic acids is 4. The minimum Gasteiger partial charge on any atom is -0.480 e. The molecule has 0 aliphatic heterocycles. The number of nitrogens with one attached hydrogen (secondary N) is 3. The molecule has 5 atom stereocenters. The Bertz CT molecular complexity index is 701. The lowest BCUT2D eigenvalue weighted by molar-refractivity contribution is -0.144. The van der Waals surface area contributed by atoms with E-state index in [0.29, 0.717) is 32.2 Å². The number of unbranched alkanes of at least 4 members (excludes halogenated alkanes) is 1. The zero-order valence-electron chi connectivity index (χ0n) is 20.6. The molecule has 0 rings (SSSR count). The van der Waals surface area contributed by atoms with Crippen LogP contribution in [0.4, 0.5) is 0 Å². The third-order valence-corrected chi connectivity index (χ3v) is 5.46. The van der Waals surface area contributed by atoms with Crippen LogP contribution in [0.3, 0.4) is 0 Å². The Hall–Kier alpha value is -2.73. The monoisotopic (exact) mass is 486 g/mol. The van der Waals surface area contributed by atoms with Crippen molar-refractivity contribution in [3.63, 3.8) is 0 Å². The molecule has 0 fully saturated rings. The number of hydrogen-bond donors (Lipinski definition) is 7. The average molecular weight is 487 g/mol. The number of hydrogen-bond acceptors (Lipinski definition) is 7. The van der Waals surface area contributed by atoms with E-state index in [4.69, 9.17) is 17.2 Å². The Labute approximate surface area is 201 Å². The van der Waals surface area contributed by atoms with Crippen molar-refractivity contribution in [1.82, 2.24) is 16.0 Å². The summed E-state index contributed by atoms with van der Waals surface area (Å²) in [5.74, 6) is -4.40. The van der Waals surface area contributed by atoms with Gasteiger partial charge in [-0.3, -0.25) is 19.2 Å². The third-order valence-electron chi connectivity index (χ3n) is 5.46. The van der Waals surface area contributed by atoms with E-state index >= 15 is 0 Å². The molecule has 0 aromatic heterocycles. The quantitative estimate of drug-likeness (QED) is 0.125. The van der Waals surface area contributed by atoms with Crippen LogP contribution in [0.15, 0.2) is 0 Å². The predicted molar refractivity (Wildman–Crippen MR) is 127 cm³/mol. The van der Waals surface area contributed by atoms with Crippen LogP contribution >= 0.6 is 0 Å². The van der Waals surface area contributed by atoms with Crippen molar-refractivity contribution in [3.8, 4) is 0 Å². The van der Waals surface area contributed by atoms with Crippen LogP contribution in [-0.4, -0.2) is 65.4 Å². The van der Waals surface area contributed by atoms with Gasteiger partial charge in [0.15, 0.2) is 0 Å². The molecule has 34 heavy (non-hydrogen) atoms. The lowest BCUT2D eigenvalue weighted by atomic mass is 9.98. The first-order valence-corrected chi connectivity index (χ1v) is 11.7. The maximum absolute atomic E-state index is 13.0. The molecule has 12 heteroatoms. The summed E-state index contributed by atoms with van der Waals surface area (Å²) in [6.45, 7) is 7.65. The zero-order chi connectivity index (χ0) is 26.4. The molecule has 12 nitrogen and oxygen atoms in total. The molecule has 0 heterocycles. The predicted octanol–water partition coefficient (Wildman–Crippen LogP) is -1.05. The van der Waals surface area contributed by atoms with Gasteiger partial charge >= 0.3 is 5.97 Å². The fourth-order valence-corrected chi connectivity index (χ4v) is 3.27. The SMILES string of the molecule is CCC(C)C(NC(=O)C(CC(N)=O)NC(=O)C(CCCCN)NC(=O)C(N)CC(C)C)C(=O)O. The number of carboxylic acids is 1. The maximum Gasteiger partial charge on any atom is 0.326 e. The van der Waals surface area contributed by atoms with Crippen molar-refractivity contribution in [1.29, 1.82) is 0 Å². The van der Waals surface area contributed by atoms with E-state index in [2.05, 4.69) is 16.0 Å². The Morgan fingerprint density at radius 2 is 1.44 bits per heavy atom. The summed E-state index contributed by atoms with van der Waals surface area (Å²) in [5, 5.41) is 16.8. The first-order chi connectivity index (χ1) is 15.8. The molecular weight excluding hydrogens is 444 g/mol. The van der Waals surface area contributed by atoms with Crippen molar-refractivity contribution >= 4 is 29.6 Å². The number of primary amides is 1. The van der Waals surface area contributed by atoms with Gasteiger partial charge in [0.1, 0.15) is 18.1 Å². The Morgan fingerprint density at radius 1 is 0.882 bits per heavy atom. The Kier molecular flexibility index (Phi) is 14.7. The molecule has 5 unspecified atom stereocenters. The summed E-state index contributed by atoms with van der Waals surface area (Å²) < 4.78 is 0. The van der Waals surface area contributed by atoms with Crippen LogP contribution in [-0.2, 0) is 24.0 Å². The summed E-state index contributed by atoms with van der Waals surface area (Å²) >= 11 is 0. The summed E-state index contributed by atoms with van der Waals surface area (Å²) in [5.41, 5.74) is 16.7. The molecule has 0 radical (unpaired) electrons. The molecule has 0 aromatic carbocycles. The van der Waals surface area contributed by atoms with Gasteiger partial charge in [-0.25, -0.2) is 4.79 Å². The topological polar surface area (TPSA) is 220 Å². The molecule has 0 spiro atoms. The molecule has 0 aliphatic rings. The highest BCUT2D eigenvalue weighted by atomic mass is 16.4. The summed E-state index contributed by atoms with van der Waals surface area (Å²) in [6, 6.07) is -4.46. The molecule has 0 bridgehead atoms. The maximum atomic E-state index is 13.0. The smallest absolute Gasteiger partial charge is 0.326 e. The van der Waals surface area contributed by atoms with E-state index in [0.717, 1.165) is 0 Å². The van der Waals surface area contributed by atoms with Gasteiger partial charge in [-0.05, 0) is 44.1 Å². The second-order valence-electron chi connectivity index (χ2n) is 9.02. The first kappa shape index (κ1) is 31.3. The van der Waals surface area contributed by atoms with Gasteiger partial charge in [0.05, 0.1) is 12.5 Å². The van der Waals surface area contributed by atoms with Gasteiger partial charge in [0.25, 0.3) is 0 Å². The van der Waals surface area contributed by atoms with Crippen LogP contribution < -0.4 is 33.2 Å². The highest BCUT2D eigenvalue weighted by Crippen LogP contribution is 2.10. The minimum atomic E-state index is -1.41. The highest BCUT2D eigenvalue weighted by Gasteiger charge is 2.32. The van der Waals surface area contributed by atoms with Crippen molar-refractivity contribution in [2.45, 2.75) is 90.4 Å². The van der Waals surface area contributed by atoms with Crippen LogP contribution in [0.25, 0.3) is 0 Å². The zero-order valence-corrected chi connectivity index (χ0v) is 20.6. The fraction of sp³-hybridized carbons (Fsp3) is 0.773. The van der Waals surface area contributed by atoms with Crippen LogP contribution in [0.2, 0.25) is 0 Å². The van der Waals surface area contributed by atoms with Gasteiger partial charge in [0.2, 0.25) is 23.6 Å². The Balaban J connectivity index is 5.56. The number of carbonyl (C=O) groups is 5. The fourth-order valence-electron chi connectivity index (χ4n) is 3.27. The van der Waals surface area contributed by atoms with Crippen molar-refractivity contribution < 1.29 is 29.1 Å². The van der Waals surface area contributed by atoms with Gasteiger partial charge in [-0.1, -0.05) is 34.1 Å². The van der Waals surface area contributed by atoms with Gasteiger partial charge in [-0.15, -0.1) is 0 Å². The number of aliphatic carboxylic acids is 1. The van der Waals surface area contributed by atoms with E-state index in [1.807, 2.05) is 13.8 Å². The molecule has 0 saturated carbocycles. The van der Waals surface area contributed by atoms with Crippen molar-refractivity contribution in [2.24, 2.45) is 29.0 Å². The molecule has 0 aliphatic carbocycles. The second-order valence-corrected chi connectivity index (χ2v) is 9.02. The van der Waals surface area contributed by atoms with Crippen molar-refractivity contribution in [2.75, 3.05) is 6.54 Å². The number of nitrogens with two attached hydrogens (primary N) is 3. The third kappa shape index (κ3) is 11.9. The standard InChI is InChI=1S/C22H42N6O6/c1-5-13(4)18(22(33)34)28-21(32)16(11-17(25)29)27-20(31)15(8-6-7-9-23)26-19(30)14(24)10-12(2)3/h12-16,18H,5-11,23-24H2,1-4H3,(H2,25,29)(H,26,30)(H,27,31)(H,28,32)(H,33,34). The largest absolute Gasteiger partial charge is 0.480 e. The summed E-state index contributed by atoms with van der Waals surface area (Å²) in [6.07, 6.45) is 1.73. The lowest BCUT2D eigenvalue weighted by Gasteiger charge is -2.26. The van der Waals surface area contributed by atoms with Gasteiger partial charge in [-0.2, -0.15) is 0 Å². The van der Waals surface area contributed by atoms with Crippen LogP contribution in [0.5, 0.6) is 0 Å². The molecular formula is C22H42N6O6. The van der Waals surface area contributed by atoms with Gasteiger partial charge < -0.3 is 38.3 Å². The van der Waals surface area contributed by atoms with Crippen molar-refractivity contribution in [3.05, 3.63) is 0 Å². The molecule has 0 saturated heterocycles. The van der Waals surface area contributed by atoms with E-state index in [1.165, 1.54) is 0 Å². The number of rotatable bonds is 17. The molecule has 196 valence electrons.